The van der Waals surface area contributed by atoms with Gasteiger partial charge in [0.05, 0.1) is 6.61 Å². The molecule has 0 radical (unpaired) electrons. The summed E-state index contributed by atoms with van der Waals surface area (Å²) in [5, 5.41) is 37.3. The number of carboxylic acid groups (broad SMARTS) is 1. The van der Waals surface area contributed by atoms with Gasteiger partial charge < -0.3 is 29.9 Å². The van der Waals surface area contributed by atoms with Gasteiger partial charge >= 0.3 is 5.97 Å². The van der Waals surface area contributed by atoms with E-state index in [2.05, 4.69) is 16.6 Å². The highest BCUT2D eigenvalue weighted by Gasteiger charge is 2.13. The van der Waals surface area contributed by atoms with Crippen LogP contribution in [-0.4, -0.2) is 64.5 Å². The van der Waals surface area contributed by atoms with Gasteiger partial charge in [0.2, 0.25) is 0 Å². The van der Waals surface area contributed by atoms with Crippen LogP contribution in [0.2, 0.25) is 0 Å². The molecule has 8 heteroatoms. The number of aliphatic carboxylic acids is 1. The van der Waals surface area contributed by atoms with Gasteiger partial charge in [0.25, 0.3) is 0 Å². The Balaban J connectivity index is 2.27. The lowest BCUT2D eigenvalue weighted by Crippen LogP contribution is -2.29. The largest absolute Gasteiger partial charge is 0.491 e. The minimum absolute atomic E-state index is 0.00121. The molecule has 0 aliphatic heterocycles. The quantitative estimate of drug-likeness (QED) is 0.321. The van der Waals surface area contributed by atoms with Crippen LogP contribution in [0.1, 0.15) is 0 Å². The summed E-state index contributed by atoms with van der Waals surface area (Å²) in [4.78, 5) is 10.3. The molecule has 0 unspecified atom stereocenters. The van der Waals surface area contributed by atoms with E-state index in [1.165, 1.54) is 60.7 Å². The summed E-state index contributed by atoms with van der Waals surface area (Å²) in [7, 11) is 0. The third kappa shape index (κ3) is 12.2. The van der Waals surface area contributed by atoms with Crippen LogP contribution in [0, 0.1) is 17.7 Å². The molecule has 7 nitrogen and oxygen atoms in total. The van der Waals surface area contributed by atoms with E-state index in [0.29, 0.717) is 5.75 Å². The second-order valence-electron chi connectivity index (χ2n) is 5.69. The summed E-state index contributed by atoms with van der Waals surface area (Å²) in [6.07, 6.45) is 5.35. The fraction of sp³-hybridized carbons (Fsp3) is 0.286. The maximum absolute atomic E-state index is 12.8. The average molecular weight is 406 g/mol. The van der Waals surface area contributed by atoms with Gasteiger partial charge in [-0.25, -0.2) is 9.18 Å². The molecule has 1 aromatic rings. The summed E-state index contributed by atoms with van der Waals surface area (Å²) in [6, 6.07) is 5.44. The highest BCUT2D eigenvalue weighted by Crippen LogP contribution is 2.11. The van der Waals surface area contributed by atoms with E-state index in [-0.39, 0.29) is 19.0 Å². The molecule has 0 aliphatic rings. The van der Waals surface area contributed by atoms with Crippen molar-refractivity contribution < 1.29 is 39.1 Å². The van der Waals surface area contributed by atoms with E-state index in [1.54, 1.807) is 0 Å². The van der Waals surface area contributed by atoms with E-state index in [1.807, 2.05) is 0 Å². The maximum atomic E-state index is 12.8. The van der Waals surface area contributed by atoms with Crippen LogP contribution in [-0.2, 0) is 9.53 Å². The molecule has 0 saturated carbocycles. The number of carbonyl (C=O) groups is 1. The van der Waals surface area contributed by atoms with Crippen molar-refractivity contribution in [3.05, 3.63) is 66.5 Å². The van der Waals surface area contributed by atoms with Gasteiger partial charge in [-0.2, -0.15) is 0 Å². The number of hydrogen-bond acceptors (Lipinski definition) is 6. The average Bonchev–Trinajstić information content (AvgIpc) is 2.69. The van der Waals surface area contributed by atoms with E-state index in [9.17, 15) is 24.5 Å². The van der Waals surface area contributed by atoms with Crippen LogP contribution in [0.15, 0.2) is 60.7 Å². The van der Waals surface area contributed by atoms with Gasteiger partial charge in [0.15, 0.2) is 0 Å². The first-order valence-corrected chi connectivity index (χ1v) is 8.61. The topological polar surface area (TPSA) is 116 Å². The molecular weight excluding hydrogens is 383 g/mol. The summed E-state index contributed by atoms with van der Waals surface area (Å²) < 4.78 is 22.7. The second kappa shape index (κ2) is 14.1. The molecule has 4 N–H and O–H groups in total. The smallest absolute Gasteiger partial charge is 0.329 e. The maximum Gasteiger partial charge on any atom is 0.329 e. The van der Waals surface area contributed by atoms with Crippen molar-refractivity contribution in [3.8, 4) is 17.6 Å². The summed E-state index contributed by atoms with van der Waals surface area (Å²) >= 11 is 0. The van der Waals surface area contributed by atoms with Gasteiger partial charge in [-0.05, 0) is 42.5 Å². The lowest BCUT2D eigenvalue weighted by atomic mass is 10.2. The predicted molar refractivity (Wildman–Crippen MR) is 104 cm³/mol. The molecule has 0 fully saturated rings. The summed E-state index contributed by atoms with van der Waals surface area (Å²) in [5.41, 5.74) is 0. The Morgan fingerprint density at radius 2 is 1.72 bits per heavy atom. The molecule has 0 saturated heterocycles. The SMILES string of the molecule is O=C(O)COC[C@@H](O)[C@@H](O)C=CC=CC#CC=C[C@H](O)COc1ccc(F)cc1. The van der Waals surface area contributed by atoms with Crippen molar-refractivity contribution in [1.29, 1.82) is 0 Å². The first kappa shape index (κ1) is 24.1. The van der Waals surface area contributed by atoms with E-state index in [4.69, 9.17) is 9.84 Å². The van der Waals surface area contributed by atoms with Crippen LogP contribution >= 0.6 is 0 Å². The molecule has 1 aromatic carbocycles. The molecule has 0 heterocycles. The number of ether oxygens (including phenoxy) is 2. The van der Waals surface area contributed by atoms with Crippen molar-refractivity contribution >= 4 is 5.97 Å². The Morgan fingerprint density at radius 3 is 2.41 bits per heavy atom. The van der Waals surface area contributed by atoms with Crippen LogP contribution in [0.25, 0.3) is 0 Å². The third-order valence-corrected chi connectivity index (χ3v) is 3.23. The monoisotopic (exact) mass is 406 g/mol. The first-order chi connectivity index (χ1) is 13.9. The zero-order valence-electron chi connectivity index (χ0n) is 15.5. The highest BCUT2D eigenvalue weighted by atomic mass is 19.1. The standard InChI is InChI=1S/C21H23FO7/c22-16-9-11-18(12-10-16)29-13-17(23)7-5-3-1-2-4-6-8-19(24)20(25)14-28-15-21(26)27/h2,4-12,17,19-20,23-25H,13-15H2,(H,26,27)/t17-,19-,20+/m0/s1. The Bertz CT molecular complexity index is 759. The minimum Gasteiger partial charge on any atom is -0.491 e. The number of aliphatic hydroxyl groups is 3. The van der Waals surface area contributed by atoms with Crippen molar-refractivity contribution in [3.63, 3.8) is 0 Å². The van der Waals surface area contributed by atoms with Crippen molar-refractivity contribution in [1.82, 2.24) is 0 Å². The zero-order chi connectivity index (χ0) is 21.5. The van der Waals surface area contributed by atoms with Crippen LogP contribution < -0.4 is 4.74 Å². The van der Waals surface area contributed by atoms with Gasteiger partial charge in [0, 0.05) is 0 Å². The number of aliphatic hydroxyl groups excluding tert-OH is 3. The normalized spacial score (nSPS) is 14.6. The number of benzene rings is 1. The van der Waals surface area contributed by atoms with Gasteiger partial charge in [-0.1, -0.05) is 30.1 Å². The van der Waals surface area contributed by atoms with Gasteiger partial charge in [-0.15, -0.1) is 0 Å². The second-order valence-corrected chi connectivity index (χ2v) is 5.69. The first-order valence-electron chi connectivity index (χ1n) is 8.61. The Labute approximate surface area is 168 Å². The molecule has 0 aliphatic carbocycles. The molecule has 0 amide bonds. The van der Waals surface area contributed by atoms with E-state index < -0.39 is 30.9 Å². The fourth-order valence-electron chi connectivity index (χ4n) is 1.80. The van der Waals surface area contributed by atoms with Crippen molar-refractivity contribution in [2.75, 3.05) is 19.8 Å². The van der Waals surface area contributed by atoms with E-state index >= 15 is 0 Å². The molecule has 3 atom stereocenters. The predicted octanol–water partition coefficient (Wildman–Crippen LogP) is 1.06. The number of halogens is 1. The van der Waals surface area contributed by atoms with Crippen LogP contribution in [0.3, 0.4) is 0 Å². The van der Waals surface area contributed by atoms with Crippen molar-refractivity contribution in [2.45, 2.75) is 18.3 Å². The number of hydrogen-bond donors (Lipinski definition) is 4. The Hall–Kier alpha value is -2.96. The molecule has 156 valence electrons. The molecule has 0 spiro atoms. The Morgan fingerprint density at radius 1 is 1.03 bits per heavy atom. The van der Waals surface area contributed by atoms with Crippen LogP contribution in [0.4, 0.5) is 4.39 Å². The number of allylic oxidation sites excluding steroid dienone is 4. The van der Waals surface area contributed by atoms with Gasteiger partial charge in [-0.3, -0.25) is 0 Å². The summed E-state index contributed by atoms with van der Waals surface area (Å²) in [6.45, 7) is -0.859. The Kier molecular flexibility index (Phi) is 11.7. The lowest BCUT2D eigenvalue weighted by molar-refractivity contribution is -0.143. The highest BCUT2D eigenvalue weighted by molar-refractivity contribution is 5.67. The molecule has 1 rings (SSSR count). The number of carboxylic acids is 1. The zero-order valence-corrected chi connectivity index (χ0v) is 15.5. The summed E-state index contributed by atoms with van der Waals surface area (Å²) in [5.74, 6) is 4.26. The van der Waals surface area contributed by atoms with Gasteiger partial charge in [0.1, 0.15) is 43.1 Å². The van der Waals surface area contributed by atoms with Crippen LogP contribution in [0.5, 0.6) is 5.75 Å². The van der Waals surface area contributed by atoms with E-state index in [0.717, 1.165) is 0 Å². The molecule has 29 heavy (non-hydrogen) atoms. The minimum atomic E-state index is -1.24. The fourth-order valence-corrected chi connectivity index (χ4v) is 1.80. The number of rotatable bonds is 11. The lowest BCUT2D eigenvalue weighted by Gasteiger charge is -2.13. The molecule has 0 aromatic heterocycles. The molecule has 0 bridgehead atoms. The van der Waals surface area contributed by atoms with Crippen molar-refractivity contribution in [2.24, 2.45) is 0 Å². The third-order valence-electron chi connectivity index (χ3n) is 3.23. The molecular formula is C21H23FO7.